The lowest BCUT2D eigenvalue weighted by atomic mass is 10.1. The van der Waals surface area contributed by atoms with Crippen molar-refractivity contribution < 1.29 is 4.79 Å². The number of nitrogens with zero attached hydrogens (tertiary/aromatic N) is 1. The summed E-state index contributed by atoms with van der Waals surface area (Å²) in [4.78, 5) is 11.9. The lowest BCUT2D eigenvalue weighted by molar-refractivity contribution is 0.0978. The van der Waals surface area contributed by atoms with E-state index in [2.05, 4.69) is 22.8 Å². The SMILES string of the molecule is CCC1NN=C(NC(=O)c2cccc(C)c2)S1. The van der Waals surface area contributed by atoms with Gasteiger partial charge < -0.3 is 0 Å². The van der Waals surface area contributed by atoms with Gasteiger partial charge in [0.2, 0.25) is 0 Å². The third-order valence-corrected chi connectivity index (χ3v) is 3.58. The summed E-state index contributed by atoms with van der Waals surface area (Å²) in [5.41, 5.74) is 4.69. The zero-order chi connectivity index (χ0) is 12.3. The Balaban J connectivity index is 1.99. The van der Waals surface area contributed by atoms with Gasteiger partial charge in [0.05, 0.1) is 5.37 Å². The molecule has 2 rings (SSSR count). The van der Waals surface area contributed by atoms with E-state index in [4.69, 9.17) is 0 Å². The molecule has 1 atom stereocenters. The van der Waals surface area contributed by atoms with Crippen LogP contribution in [0.3, 0.4) is 0 Å². The van der Waals surface area contributed by atoms with E-state index in [9.17, 15) is 4.79 Å². The van der Waals surface area contributed by atoms with Gasteiger partial charge in [0, 0.05) is 5.56 Å². The molecule has 1 aliphatic heterocycles. The number of amidine groups is 1. The van der Waals surface area contributed by atoms with E-state index in [-0.39, 0.29) is 11.3 Å². The average Bonchev–Trinajstić information content (AvgIpc) is 2.77. The number of carbonyl (C=O) groups excluding carboxylic acids is 1. The Kier molecular flexibility index (Phi) is 3.68. The zero-order valence-electron chi connectivity index (χ0n) is 9.86. The summed E-state index contributed by atoms with van der Waals surface area (Å²) < 4.78 is 0. The highest BCUT2D eigenvalue weighted by Gasteiger charge is 2.19. The van der Waals surface area contributed by atoms with Gasteiger partial charge in [-0.15, -0.1) is 0 Å². The molecular formula is C12H15N3OS. The molecule has 1 aromatic carbocycles. The predicted octanol–water partition coefficient (Wildman–Crippen LogP) is 2.07. The van der Waals surface area contributed by atoms with Crippen LogP contribution in [0.15, 0.2) is 29.4 Å². The van der Waals surface area contributed by atoms with Gasteiger partial charge >= 0.3 is 0 Å². The van der Waals surface area contributed by atoms with Crippen LogP contribution in [0.25, 0.3) is 0 Å². The van der Waals surface area contributed by atoms with Crippen molar-refractivity contribution in [3.05, 3.63) is 35.4 Å². The lowest BCUT2D eigenvalue weighted by Crippen LogP contribution is -2.27. The van der Waals surface area contributed by atoms with Crippen LogP contribution in [-0.2, 0) is 0 Å². The quantitative estimate of drug-likeness (QED) is 0.843. The van der Waals surface area contributed by atoms with Crippen molar-refractivity contribution in [2.75, 3.05) is 0 Å². The fourth-order valence-corrected chi connectivity index (χ4v) is 2.30. The zero-order valence-corrected chi connectivity index (χ0v) is 10.7. The Morgan fingerprint density at radius 3 is 3.06 bits per heavy atom. The molecular weight excluding hydrogens is 234 g/mol. The van der Waals surface area contributed by atoms with Gasteiger partial charge in [-0.2, -0.15) is 5.10 Å². The Hall–Kier alpha value is -1.49. The van der Waals surface area contributed by atoms with Gasteiger partial charge in [-0.3, -0.25) is 15.5 Å². The fourth-order valence-electron chi connectivity index (χ4n) is 1.51. The first-order chi connectivity index (χ1) is 8.19. The van der Waals surface area contributed by atoms with Crippen LogP contribution in [0, 0.1) is 6.92 Å². The Labute approximate surface area is 105 Å². The first-order valence-electron chi connectivity index (χ1n) is 5.57. The van der Waals surface area contributed by atoms with E-state index in [0.717, 1.165) is 12.0 Å². The number of thioether (sulfide) groups is 1. The Morgan fingerprint density at radius 1 is 1.59 bits per heavy atom. The lowest BCUT2D eigenvalue weighted by Gasteiger charge is -2.05. The first kappa shape index (κ1) is 12.0. The molecule has 0 aromatic heterocycles. The predicted molar refractivity (Wildman–Crippen MR) is 70.9 cm³/mol. The summed E-state index contributed by atoms with van der Waals surface area (Å²) in [7, 11) is 0. The molecule has 0 saturated carbocycles. The van der Waals surface area contributed by atoms with Crippen molar-refractivity contribution in [2.45, 2.75) is 25.6 Å². The number of rotatable bonds is 2. The van der Waals surface area contributed by atoms with Crippen molar-refractivity contribution in [1.29, 1.82) is 0 Å². The number of amides is 1. The second-order valence-corrected chi connectivity index (χ2v) is 5.08. The fraction of sp³-hybridized carbons (Fsp3) is 0.333. The van der Waals surface area contributed by atoms with Crippen LogP contribution < -0.4 is 10.7 Å². The summed E-state index contributed by atoms with van der Waals surface area (Å²) in [6, 6.07) is 7.50. The highest BCUT2D eigenvalue weighted by Crippen LogP contribution is 2.18. The van der Waals surface area contributed by atoms with E-state index in [0.29, 0.717) is 10.7 Å². The molecule has 0 spiro atoms. The highest BCUT2D eigenvalue weighted by atomic mass is 32.2. The standard InChI is InChI=1S/C12H15N3OS/c1-3-10-14-15-12(17-10)13-11(16)9-6-4-5-8(2)7-9/h4-7,10,14H,3H2,1-2H3,(H,13,15,16). The number of nitrogens with one attached hydrogen (secondary N) is 2. The molecule has 1 heterocycles. The van der Waals surface area contributed by atoms with Crippen LogP contribution in [-0.4, -0.2) is 16.4 Å². The second kappa shape index (κ2) is 5.23. The Morgan fingerprint density at radius 2 is 2.41 bits per heavy atom. The molecule has 90 valence electrons. The van der Waals surface area contributed by atoms with Crippen LogP contribution in [0.1, 0.15) is 29.3 Å². The maximum atomic E-state index is 11.9. The number of aryl methyl sites for hydroxylation is 1. The summed E-state index contributed by atoms with van der Waals surface area (Å²) >= 11 is 1.54. The average molecular weight is 249 g/mol. The molecule has 0 fully saturated rings. The van der Waals surface area contributed by atoms with E-state index in [1.165, 1.54) is 0 Å². The number of hydrazone groups is 1. The van der Waals surface area contributed by atoms with Crippen LogP contribution in [0.2, 0.25) is 0 Å². The smallest absolute Gasteiger partial charge is 0.257 e. The van der Waals surface area contributed by atoms with Crippen molar-refractivity contribution in [1.82, 2.24) is 10.7 Å². The number of hydrogen-bond donors (Lipinski definition) is 2. The van der Waals surface area contributed by atoms with Gasteiger partial charge in [-0.05, 0) is 25.5 Å². The number of carbonyl (C=O) groups is 1. The third-order valence-electron chi connectivity index (χ3n) is 2.44. The first-order valence-corrected chi connectivity index (χ1v) is 6.45. The monoisotopic (exact) mass is 249 g/mol. The van der Waals surface area contributed by atoms with E-state index < -0.39 is 0 Å². The molecule has 17 heavy (non-hydrogen) atoms. The summed E-state index contributed by atoms with van der Waals surface area (Å²) in [5.74, 6) is -0.112. The van der Waals surface area contributed by atoms with Crippen LogP contribution in [0.5, 0.6) is 0 Å². The van der Waals surface area contributed by atoms with Crippen molar-refractivity contribution >= 4 is 22.8 Å². The minimum atomic E-state index is -0.112. The molecule has 1 aliphatic rings. The molecule has 1 aromatic rings. The van der Waals surface area contributed by atoms with Gasteiger partial charge in [-0.1, -0.05) is 36.4 Å². The molecule has 1 unspecified atom stereocenters. The minimum absolute atomic E-state index is 0.112. The van der Waals surface area contributed by atoms with Crippen LogP contribution in [0.4, 0.5) is 0 Å². The topological polar surface area (TPSA) is 53.5 Å². The molecule has 1 amide bonds. The van der Waals surface area contributed by atoms with Crippen LogP contribution >= 0.6 is 11.8 Å². The van der Waals surface area contributed by atoms with Gasteiger partial charge in [0.1, 0.15) is 0 Å². The normalized spacial score (nSPS) is 18.5. The molecule has 0 radical (unpaired) electrons. The Bertz CT molecular complexity index is 459. The van der Waals surface area contributed by atoms with Gasteiger partial charge in [0.25, 0.3) is 5.91 Å². The maximum absolute atomic E-state index is 11.9. The summed E-state index contributed by atoms with van der Waals surface area (Å²) in [6.07, 6.45) is 0.970. The second-order valence-electron chi connectivity index (χ2n) is 3.88. The third kappa shape index (κ3) is 3.00. The van der Waals surface area contributed by atoms with E-state index >= 15 is 0 Å². The van der Waals surface area contributed by atoms with Crippen molar-refractivity contribution in [2.24, 2.45) is 5.10 Å². The van der Waals surface area contributed by atoms with Gasteiger partial charge in [-0.25, -0.2) is 0 Å². The molecule has 0 bridgehead atoms. The van der Waals surface area contributed by atoms with Crippen molar-refractivity contribution in [3.8, 4) is 0 Å². The number of hydrogen-bond acceptors (Lipinski definition) is 4. The highest BCUT2D eigenvalue weighted by molar-refractivity contribution is 8.14. The largest absolute Gasteiger partial charge is 0.300 e. The molecule has 2 N–H and O–H groups in total. The molecule has 0 aliphatic carbocycles. The summed E-state index contributed by atoms with van der Waals surface area (Å²) in [6.45, 7) is 4.04. The molecule has 5 heteroatoms. The molecule has 4 nitrogen and oxygen atoms in total. The minimum Gasteiger partial charge on any atom is -0.300 e. The van der Waals surface area contributed by atoms with Gasteiger partial charge in [0.15, 0.2) is 5.17 Å². The summed E-state index contributed by atoms with van der Waals surface area (Å²) in [5, 5.41) is 7.78. The van der Waals surface area contributed by atoms with Crippen molar-refractivity contribution in [3.63, 3.8) is 0 Å². The number of benzene rings is 1. The molecule has 0 saturated heterocycles. The van der Waals surface area contributed by atoms with E-state index in [1.54, 1.807) is 17.8 Å². The van der Waals surface area contributed by atoms with E-state index in [1.807, 2.05) is 25.1 Å². The maximum Gasteiger partial charge on any atom is 0.257 e.